The quantitative estimate of drug-likeness (QED) is 0.785. The van der Waals surface area contributed by atoms with Gasteiger partial charge in [-0.2, -0.15) is 0 Å². The molecule has 0 spiro atoms. The Morgan fingerprint density at radius 2 is 2.33 bits per heavy atom. The molecule has 1 fully saturated rings. The number of anilines is 1. The number of thiocarbonyl (C=S) groups is 1. The molecule has 1 saturated heterocycles. The van der Waals surface area contributed by atoms with Crippen molar-refractivity contribution in [1.82, 2.24) is 9.88 Å². The molecule has 1 aliphatic rings. The number of nitrogens with two attached hydrogens (primary N) is 1. The number of likely N-dealkylation sites (tertiary alicyclic amines) is 1. The van der Waals surface area contributed by atoms with Gasteiger partial charge in [0.1, 0.15) is 16.8 Å². The van der Waals surface area contributed by atoms with E-state index in [9.17, 15) is 4.79 Å². The lowest BCUT2D eigenvalue weighted by atomic mass is 10.2. The van der Waals surface area contributed by atoms with Crippen molar-refractivity contribution in [3.05, 3.63) is 23.4 Å². The van der Waals surface area contributed by atoms with Crippen molar-refractivity contribution >= 4 is 28.9 Å². The molecule has 18 heavy (non-hydrogen) atoms. The Balaban J connectivity index is 2.19. The summed E-state index contributed by atoms with van der Waals surface area (Å²) in [4.78, 5) is 18.2. The topological polar surface area (TPSA) is 71.2 Å². The van der Waals surface area contributed by atoms with E-state index in [1.807, 2.05) is 13.0 Å². The fourth-order valence-corrected chi connectivity index (χ4v) is 2.14. The summed E-state index contributed by atoms with van der Waals surface area (Å²) in [5.41, 5.74) is 7.19. The first-order valence-corrected chi connectivity index (χ1v) is 6.18. The van der Waals surface area contributed by atoms with E-state index in [4.69, 9.17) is 18.0 Å². The van der Waals surface area contributed by atoms with Crippen molar-refractivity contribution in [2.45, 2.75) is 19.4 Å². The number of aryl methyl sites for hydroxylation is 1. The van der Waals surface area contributed by atoms with E-state index < -0.39 is 0 Å². The summed E-state index contributed by atoms with van der Waals surface area (Å²) in [5, 5.41) is 3.14. The summed E-state index contributed by atoms with van der Waals surface area (Å²) in [6, 6.07) is 3.40. The predicted octanol–water partition coefficient (Wildman–Crippen LogP) is 0.667. The molecule has 1 aromatic heterocycles. The maximum atomic E-state index is 11.8. The Bertz CT molecular complexity index is 503. The number of nitrogens with zero attached hydrogens (tertiary/aromatic N) is 2. The number of likely N-dealkylation sites (N-methyl/N-ethyl adjacent to an activating group) is 1. The number of nitrogens with one attached hydrogen (secondary N) is 1. The molecule has 0 saturated carbocycles. The summed E-state index contributed by atoms with van der Waals surface area (Å²) in [6.45, 7) is 2.64. The lowest BCUT2D eigenvalue weighted by molar-refractivity contribution is -0.127. The molecule has 2 rings (SSSR count). The molecule has 1 unspecified atom stereocenters. The van der Waals surface area contributed by atoms with Crippen molar-refractivity contribution in [3.63, 3.8) is 0 Å². The van der Waals surface area contributed by atoms with Gasteiger partial charge >= 0.3 is 0 Å². The van der Waals surface area contributed by atoms with Crippen LogP contribution < -0.4 is 11.1 Å². The number of hydrogen-bond donors (Lipinski definition) is 2. The minimum atomic E-state index is -0.205. The molecule has 0 aliphatic carbocycles. The van der Waals surface area contributed by atoms with E-state index in [2.05, 4.69) is 10.3 Å². The Labute approximate surface area is 111 Å². The smallest absolute Gasteiger partial charge is 0.244 e. The number of amides is 1. The van der Waals surface area contributed by atoms with Gasteiger partial charge in [-0.3, -0.25) is 4.79 Å². The molecule has 0 radical (unpaired) electrons. The van der Waals surface area contributed by atoms with Crippen LogP contribution in [0, 0.1) is 6.92 Å². The third kappa shape index (κ3) is 2.59. The molecular weight excluding hydrogens is 248 g/mol. The van der Waals surface area contributed by atoms with Gasteiger partial charge < -0.3 is 16.0 Å². The number of rotatable bonds is 3. The van der Waals surface area contributed by atoms with E-state index in [0.717, 1.165) is 24.2 Å². The molecule has 6 heteroatoms. The molecule has 96 valence electrons. The molecule has 1 aliphatic heterocycles. The lowest BCUT2D eigenvalue weighted by Gasteiger charge is -2.14. The van der Waals surface area contributed by atoms with E-state index in [-0.39, 0.29) is 11.9 Å². The third-order valence-corrected chi connectivity index (χ3v) is 3.22. The molecule has 1 aromatic rings. The number of carbonyl (C=O) groups excluding carboxylic acids is 1. The van der Waals surface area contributed by atoms with Crippen LogP contribution in [0.15, 0.2) is 12.1 Å². The van der Waals surface area contributed by atoms with Gasteiger partial charge in [0.25, 0.3) is 0 Å². The second kappa shape index (κ2) is 4.89. The van der Waals surface area contributed by atoms with Crippen molar-refractivity contribution < 1.29 is 4.79 Å². The Kier molecular flexibility index (Phi) is 3.47. The van der Waals surface area contributed by atoms with Crippen LogP contribution in [0.3, 0.4) is 0 Å². The van der Waals surface area contributed by atoms with Gasteiger partial charge in [-0.25, -0.2) is 4.98 Å². The average Bonchev–Trinajstić information content (AvgIpc) is 2.60. The summed E-state index contributed by atoms with van der Waals surface area (Å²) in [5.74, 6) is 0.738. The zero-order valence-corrected chi connectivity index (χ0v) is 11.3. The number of carbonyl (C=O) groups is 1. The monoisotopic (exact) mass is 264 g/mol. The predicted molar refractivity (Wildman–Crippen MR) is 74.5 cm³/mol. The number of hydrogen-bond acceptors (Lipinski definition) is 4. The van der Waals surface area contributed by atoms with Gasteiger partial charge in [0.15, 0.2) is 0 Å². The van der Waals surface area contributed by atoms with Crippen LogP contribution in [0.5, 0.6) is 0 Å². The van der Waals surface area contributed by atoms with Crippen molar-refractivity contribution in [1.29, 1.82) is 0 Å². The first-order valence-electron chi connectivity index (χ1n) is 5.77. The van der Waals surface area contributed by atoms with Crippen LogP contribution in [-0.4, -0.2) is 40.4 Å². The van der Waals surface area contributed by atoms with Crippen LogP contribution in [0.2, 0.25) is 0 Å². The van der Waals surface area contributed by atoms with Gasteiger partial charge in [-0.1, -0.05) is 12.2 Å². The lowest BCUT2D eigenvalue weighted by Crippen LogP contribution is -2.31. The summed E-state index contributed by atoms with van der Waals surface area (Å²) < 4.78 is 0. The minimum absolute atomic E-state index is 0.0928. The molecule has 1 atom stereocenters. The number of pyridine rings is 1. The fourth-order valence-electron chi connectivity index (χ4n) is 2.02. The highest BCUT2D eigenvalue weighted by Gasteiger charge is 2.29. The molecular formula is C12H16N4OS. The van der Waals surface area contributed by atoms with E-state index in [1.54, 1.807) is 18.0 Å². The highest BCUT2D eigenvalue weighted by Crippen LogP contribution is 2.16. The number of aromatic nitrogens is 1. The van der Waals surface area contributed by atoms with Crippen molar-refractivity contribution in [2.24, 2.45) is 5.73 Å². The second-order valence-corrected chi connectivity index (χ2v) is 4.93. The van der Waals surface area contributed by atoms with E-state index >= 15 is 0 Å². The summed E-state index contributed by atoms with van der Waals surface area (Å²) >= 11 is 4.95. The third-order valence-electron chi connectivity index (χ3n) is 2.99. The Morgan fingerprint density at radius 3 is 2.89 bits per heavy atom. The van der Waals surface area contributed by atoms with Crippen molar-refractivity contribution in [3.8, 4) is 0 Å². The molecule has 0 bridgehead atoms. The van der Waals surface area contributed by atoms with Crippen molar-refractivity contribution in [2.75, 3.05) is 18.9 Å². The SMILES string of the molecule is Cc1cc(C(N)=S)cc(NC2CCN(C)C2=O)n1. The normalized spacial score (nSPS) is 19.1. The Morgan fingerprint density at radius 1 is 1.61 bits per heavy atom. The van der Waals surface area contributed by atoms with Gasteiger partial charge in [-0.05, 0) is 25.5 Å². The fraction of sp³-hybridized carbons (Fsp3) is 0.417. The average molecular weight is 264 g/mol. The standard InChI is InChI=1S/C12H16N4OS/c1-7-5-8(11(13)18)6-10(14-7)15-9-3-4-16(2)12(9)17/h5-6,9H,3-4H2,1-2H3,(H2,13,18)(H,14,15). The molecule has 2 heterocycles. The zero-order chi connectivity index (χ0) is 13.3. The zero-order valence-electron chi connectivity index (χ0n) is 10.4. The molecule has 0 aromatic carbocycles. The largest absolute Gasteiger partial charge is 0.389 e. The van der Waals surface area contributed by atoms with Crippen LogP contribution in [0.4, 0.5) is 5.82 Å². The first-order chi connectivity index (χ1) is 8.47. The maximum absolute atomic E-state index is 11.8. The highest BCUT2D eigenvalue weighted by molar-refractivity contribution is 7.80. The first kappa shape index (κ1) is 12.8. The Hall–Kier alpha value is -1.69. The van der Waals surface area contributed by atoms with Crippen LogP contribution in [0.25, 0.3) is 0 Å². The molecule has 5 nitrogen and oxygen atoms in total. The van der Waals surface area contributed by atoms with E-state index in [1.165, 1.54) is 0 Å². The van der Waals surface area contributed by atoms with E-state index in [0.29, 0.717) is 10.8 Å². The summed E-state index contributed by atoms with van der Waals surface area (Å²) in [6.07, 6.45) is 0.785. The van der Waals surface area contributed by atoms with Gasteiger partial charge in [-0.15, -0.1) is 0 Å². The highest BCUT2D eigenvalue weighted by atomic mass is 32.1. The van der Waals surface area contributed by atoms with Crippen LogP contribution in [-0.2, 0) is 4.79 Å². The maximum Gasteiger partial charge on any atom is 0.244 e. The van der Waals surface area contributed by atoms with Crippen LogP contribution in [0.1, 0.15) is 17.7 Å². The second-order valence-electron chi connectivity index (χ2n) is 4.49. The molecule has 3 N–H and O–H groups in total. The minimum Gasteiger partial charge on any atom is -0.389 e. The van der Waals surface area contributed by atoms with Crippen LogP contribution >= 0.6 is 12.2 Å². The summed E-state index contributed by atoms with van der Waals surface area (Å²) in [7, 11) is 1.80. The molecule has 1 amide bonds. The van der Waals surface area contributed by atoms with Gasteiger partial charge in [0, 0.05) is 24.8 Å². The van der Waals surface area contributed by atoms with Gasteiger partial charge in [0.2, 0.25) is 5.91 Å². The van der Waals surface area contributed by atoms with Gasteiger partial charge in [0.05, 0.1) is 0 Å².